The van der Waals surface area contributed by atoms with Crippen LogP contribution in [0, 0.1) is 6.92 Å². The summed E-state index contributed by atoms with van der Waals surface area (Å²) in [5.41, 5.74) is 3.76. The maximum atomic E-state index is 13.6. The Morgan fingerprint density at radius 3 is 2.72 bits per heavy atom. The molecular weight excluding hydrogens is 468 g/mol. The molecule has 0 aliphatic heterocycles. The second kappa shape index (κ2) is 9.78. The minimum atomic E-state index is 0.192. The SMILES string of the molecule is Cc1nc(-c2ccc3nsnc3c2)nn1CCN(C(=O)Cc1cccc2ccccc12)C1CCCC1. The van der Waals surface area contributed by atoms with Crippen molar-refractivity contribution in [2.24, 2.45) is 0 Å². The van der Waals surface area contributed by atoms with Gasteiger partial charge >= 0.3 is 0 Å². The van der Waals surface area contributed by atoms with Crippen LogP contribution in [0.2, 0.25) is 0 Å². The molecule has 2 aromatic heterocycles. The van der Waals surface area contributed by atoms with Crippen LogP contribution in [-0.4, -0.2) is 46.9 Å². The quantitative estimate of drug-likeness (QED) is 0.300. The lowest BCUT2D eigenvalue weighted by molar-refractivity contribution is -0.132. The van der Waals surface area contributed by atoms with Gasteiger partial charge in [0.05, 0.1) is 24.7 Å². The zero-order chi connectivity index (χ0) is 24.5. The highest BCUT2D eigenvalue weighted by Crippen LogP contribution is 2.26. The molecule has 8 heteroatoms. The predicted octanol–water partition coefficient (Wildman–Crippen LogP) is 5.43. The van der Waals surface area contributed by atoms with E-state index >= 15 is 0 Å². The fraction of sp³-hybridized carbons (Fsp3) is 0.321. The van der Waals surface area contributed by atoms with E-state index in [2.05, 4.69) is 37.9 Å². The van der Waals surface area contributed by atoms with Crippen LogP contribution >= 0.6 is 11.7 Å². The Morgan fingerprint density at radius 2 is 1.83 bits per heavy atom. The number of amides is 1. The van der Waals surface area contributed by atoms with E-state index in [1.165, 1.54) is 30.0 Å². The van der Waals surface area contributed by atoms with Crippen LogP contribution in [0.3, 0.4) is 0 Å². The molecule has 2 heterocycles. The third-order valence-electron chi connectivity index (χ3n) is 7.23. The summed E-state index contributed by atoms with van der Waals surface area (Å²) < 4.78 is 10.5. The van der Waals surface area contributed by atoms with Gasteiger partial charge in [0.25, 0.3) is 0 Å². The smallest absolute Gasteiger partial charge is 0.227 e. The summed E-state index contributed by atoms with van der Waals surface area (Å²) >= 11 is 1.21. The molecule has 1 aliphatic rings. The lowest BCUT2D eigenvalue weighted by Gasteiger charge is -2.29. The van der Waals surface area contributed by atoms with Gasteiger partial charge in [-0.1, -0.05) is 55.3 Å². The minimum Gasteiger partial charge on any atom is -0.338 e. The zero-order valence-electron chi connectivity index (χ0n) is 20.3. The van der Waals surface area contributed by atoms with Crippen LogP contribution in [0.15, 0.2) is 60.7 Å². The number of hydrogen-bond acceptors (Lipinski definition) is 6. The first-order valence-electron chi connectivity index (χ1n) is 12.6. The lowest BCUT2D eigenvalue weighted by atomic mass is 10.0. The molecule has 5 aromatic rings. The summed E-state index contributed by atoms with van der Waals surface area (Å²) in [6.07, 6.45) is 4.93. The van der Waals surface area contributed by atoms with Crippen LogP contribution < -0.4 is 0 Å². The van der Waals surface area contributed by atoms with Crippen LogP contribution in [0.4, 0.5) is 0 Å². The molecule has 3 aromatic carbocycles. The third kappa shape index (κ3) is 4.48. The van der Waals surface area contributed by atoms with Crippen molar-refractivity contribution in [2.45, 2.75) is 51.6 Å². The summed E-state index contributed by atoms with van der Waals surface area (Å²) in [5, 5.41) is 7.11. The number of fused-ring (bicyclic) bond motifs is 2. The van der Waals surface area contributed by atoms with Crippen molar-refractivity contribution in [3.63, 3.8) is 0 Å². The Balaban J connectivity index is 1.21. The van der Waals surface area contributed by atoms with Gasteiger partial charge in [0.1, 0.15) is 16.9 Å². The van der Waals surface area contributed by atoms with Gasteiger partial charge in [-0.05, 0) is 54.3 Å². The number of rotatable bonds is 7. The molecule has 0 N–H and O–H groups in total. The minimum absolute atomic E-state index is 0.192. The molecule has 0 bridgehead atoms. The monoisotopic (exact) mass is 496 g/mol. The Kier molecular flexibility index (Phi) is 6.19. The summed E-state index contributed by atoms with van der Waals surface area (Å²) in [6, 6.07) is 20.7. The average molecular weight is 497 g/mol. The summed E-state index contributed by atoms with van der Waals surface area (Å²) in [5.74, 6) is 1.71. The number of carbonyl (C=O) groups is 1. The van der Waals surface area contributed by atoms with Crippen molar-refractivity contribution in [1.29, 1.82) is 0 Å². The first-order chi connectivity index (χ1) is 17.7. The molecule has 0 saturated heterocycles. The molecule has 1 saturated carbocycles. The Morgan fingerprint density at radius 1 is 1.03 bits per heavy atom. The standard InChI is InChI=1S/C28H28N6OS/c1-19-29-28(22-13-14-25-26(17-22)32-36-31-25)30-34(19)16-15-33(23-10-3-4-11-23)27(35)18-21-9-6-8-20-7-2-5-12-24(20)21/h2,5-9,12-14,17,23H,3-4,10-11,15-16,18H2,1H3. The summed E-state index contributed by atoms with van der Waals surface area (Å²) in [6.45, 7) is 3.22. The molecule has 182 valence electrons. The molecule has 7 nitrogen and oxygen atoms in total. The second-order valence-corrected chi connectivity index (χ2v) is 10.0. The van der Waals surface area contributed by atoms with Crippen LogP contribution in [0.1, 0.15) is 37.1 Å². The van der Waals surface area contributed by atoms with Gasteiger partial charge in [-0.25, -0.2) is 9.67 Å². The highest BCUT2D eigenvalue weighted by molar-refractivity contribution is 7.00. The lowest BCUT2D eigenvalue weighted by Crippen LogP contribution is -2.42. The van der Waals surface area contributed by atoms with Gasteiger partial charge in [-0.15, -0.1) is 0 Å². The van der Waals surface area contributed by atoms with Crippen LogP contribution in [-0.2, 0) is 17.8 Å². The van der Waals surface area contributed by atoms with Crippen molar-refractivity contribution in [3.8, 4) is 11.4 Å². The number of hydrogen-bond donors (Lipinski definition) is 0. The third-order valence-corrected chi connectivity index (χ3v) is 7.79. The number of aryl methyl sites for hydroxylation is 1. The highest BCUT2D eigenvalue weighted by atomic mass is 32.1. The van der Waals surface area contributed by atoms with Gasteiger partial charge in [-0.3, -0.25) is 4.79 Å². The van der Waals surface area contributed by atoms with E-state index in [0.29, 0.717) is 31.4 Å². The number of benzene rings is 3. The molecule has 0 atom stereocenters. The maximum absolute atomic E-state index is 13.6. The topological polar surface area (TPSA) is 76.8 Å². The summed E-state index contributed by atoms with van der Waals surface area (Å²) in [4.78, 5) is 20.4. The molecule has 0 spiro atoms. The van der Waals surface area contributed by atoms with Crippen molar-refractivity contribution in [3.05, 3.63) is 72.1 Å². The fourth-order valence-corrected chi connectivity index (χ4v) is 5.83. The Labute approximate surface area is 214 Å². The van der Waals surface area contributed by atoms with Gasteiger partial charge in [0, 0.05) is 18.2 Å². The van der Waals surface area contributed by atoms with Gasteiger partial charge in [-0.2, -0.15) is 13.8 Å². The maximum Gasteiger partial charge on any atom is 0.227 e. The van der Waals surface area contributed by atoms with E-state index in [9.17, 15) is 4.79 Å². The molecule has 1 aliphatic carbocycles. The van der Waals surface area contributed by atoms with E-state index in [-0.39, 0.29) is 5.91 Å². The van der Waals surface area contributed by atoms with Gasteiger partial charge in [0.15, 0.2) is 5.82 Å². The summed E-state index contributed by atoms with van der Waals surface area (Å²) in [7, 11) is 0. The van der Waals surface area contributed by atoms with Crippen LogP contribution in [0.5, 0.6) is 0 Å². The number of aromatic nitrogens is 5. The number of carbonyl (C=O) groups excluding carboxylic acids is 1. The van der Waals surface area contributed by atoms with Gasteiger partial charge in [0.2, 0.25) is 5.91 Å². The normalized spacial score (nSPS) is 14.1. The molecule has 0 unspecified atom stereocenters. The highest BCUT2D eigenvalue weighted by Gasteiger charge is 2.27. The first-order valence-corrected chi connectivity index (χ1v) is 13.3. The zero-order valence-corrected chi connectivity index (χ0v) is 21.1. The van der Waals surface area contributed by atoms with E-state index in [0.717, 1.165) is 46.2 Å². The van der Waals surface area contributed by atoms with E-state index in [1.54, 1.807) is 0 Å². The Bertz CT molecular complexity index is 1530. The van der Waals surface area contributed by atoms with Crippen molar-refractivity contribution in [2.75, 3.05) is 6.54 Å². The Hall–Kier alpha value is -3.65. The first kappa shape index (κ1) is 22.8. The van der Waals surface area contributed by atoms with Crippen molar-refractivity contribution in [1.82, 2.24) is 28.4 Å². The molecule has 6 rings (SSSR count). The van der Waals surface area contributed by atoms with Crippen molar-refractivity contribution < 1.29 is 4.79 Å². The molecule has 0 radical (unpaired) electrons. The molecular formula is C28H28N6OS. The largest absolute Gasteiger partial charge is 0.338 e. The second-order valence-electron chi connectivity index (χ2n) is 9.51. The predicted molar refractivity (Wildman–Crippen MR) is 143 cm³/mol. The van der Waals surface area contributed by atoms with E-state index in [1.807, 2.05) is 48.0 Å². The van der Waals surface area contributed by atoms with E-state index in [4.69, 9.17) is 10.1 Å². The van der Waals surface area contributed by atoms with Crippen LogP contribution in [0.25, 0.3) is 33.2 Å². The number of nitrogens with zero attached hydrogens (tertiary/aromatic N) is 6. The van der Waals surface area contributed by atoms with Crippen molar-refractivity contribution >= 4 is 39.4 Å². The molecule has 1 amide bonds. The van der Waals surface area contributed by atoms with E-state index < -0.39 is 0 Å². The van der Waals surface area contributed by atoms with Gasteiger partial charge < -0.3 is 4.90 Å². The molecule has 1 fully saturated rings. The average Bonchev–Trinajstić information content (AvgIpc) is 3.66. The molecule has 36 heavy (non-hydrogen) atoms. The fourth-order valence-electron chi connectivity index (χ4n) is 5.32.